The van der Waals surface area contributed by atoms with Crippen LogP contribution in [0.3, 0.4) is 0 Å². The second kappa shape index (κ2) is 8.51. The van der Waals surface area contributed by atoms with Crippen molar-refractivity contribution in [2.75, 3.05) is 37.7 Å². The molecule has 0 aliphatic carbocycles. The van der Waals surface area contributed by atoms with E-state index in [1.807, 2.05) is 6.07 Å². The Bertz CT molecular complexity index is 852. The highest BCUT2D eigenvalue weighted by Gasteiger charge is 2.29. The van der Waals surface area contributed by atoms with Crippen LogP contribution in [0.15, 0.2) is 35.7 Å². The third kappa shape index (κ3) is 4.16. The number of likely N-dealkylation sites (tertiary alicyclic amines) is 1. The number of nitrogens with one attached hydrogen (secondary N) is 1. The third-order valence-corrected chi connectivity index (χ3v) is 6.32. The zero-order valence-corrected chi connectivity index (χ0v) is 17.0. The quantitative estimate of drug-likeness (QED) is 0.781. The fourth-order valence-electron chi connectivity index (χ4n) is 3.70. The number of thiophene rings is 1. The van der Waals surface area contributed by atoms with Crippen molar-refractivity contribution in [1.82, 2.24) is 10.2 Å². The van der Waals surface area contributed by atoms with Crippen molar-refractivity contribution in [2.45, 2.75) is 18.9 Å². The SMILES string of the molecule is O=C(CN1C(=O)COc2ccc(Cl)cc21)NCC(c1cccs1)N1CCCC1. The van der Waals surface area contributed by atoms with E-state index in [4.69, 9.17) is 16.3 Å². The minimum absolute atomic E-state index is 0.0489. The van der Waals surface area contributed by atoms with Crippen molar-refractivity contribution in [2.24, 2.45) is 0 Å². The van der Waals surface area contributed by atoms with Gasteiger partial charge in [-0.3, -0.25) is 19.4 Å². The highest BCUT2D eigenvalue weighted by atomic mass is 35.5. The predicted octanol–water partition coefficient (Wildman–Crippen LogP) is 3.08. The van der Waals surface area contributed by atoms with E-state index in [0.29, 0.717) is 23.0 Å². The molecule has 148 valence electrons. The van der Waals surface area contributed by atoms with E-state index in [9.17, 15) is 9.59 Å². The Morgan fingerprint density at radius 3 is 2.86 bits per heavy atom. The average molecular weight is 420 g/mol. The Kier molecular flexibility index (Phi) is 5.85. The number of carbonyl (C=O) groups is 2. The number of halogens is 1. The van der Waals surface area contributed by atoms with E-state index < -0.39 is 0 Å². The summed E-state index contributed by atoms with van der Waals surface area (Å²) >= 11 is 7.77. The number of hydrogen-bond donors (Lipinski definition) is 1. The number of fused-ring (bicyclic) bond motifs is 1. The van der Waals surface area contributed by atoms with E-state index in [1.54, 1.807) is 29.5 Å². The molecule has 4 rings (SSSR count). The lowest BCUT2D eigenvalue weighted by Crippen LogP contribution is -2.46. The number of anilines is 1. The molecule has 2 aliphatic rings. The van der Waals surface area contributed by atoms with Crippen molar-refractivity contribution >= 4 is 40.4 Å². The van der Waals surface area contributed by atoms with Crippen LogP contribution in [-0.2, 0) is 9.59 Å². The first-order chi connectivity index (χ1) is 13.6. The zero-order chi connectivity index (χ0) is 19.5. The van der Waals surface area contributed by atoms with Crippen LogP contribution < -0.4 is 15.0 Å². The van der Waals surface area contributed by atoms with Gasteiger partial charge in [-0.25, -0.2) is 0 Å². The minimum atomic E-state index is -0.251. The molecule has 0 radical (unpaired) electrons. The summed E-state index contributed by atoms with van der Waals surface area (Å²) < 4.78 is 5.43. The van der Waals surface area contributed by atoms with Gasteiger partial charge in [0.1, 0.15) is 12.3 Å². The summed E-state index contributed by atoms with van der Waals surface area (Å²) in [6.07, 6.45) is 2.38. The Hall–Kier alpha value is -2.09. The molecule has 1 atom stereocenters. The fourth-order valence-corrected chi connectivity index (χ4v) is 4.73. The molecule has 0 saturated carbocycles. The zero-order valence-electron chi connectivity index (χ0n) is 15.4. The van der Waals surface area contributed by atoms with Crippen LogP contribution in [0.2, 0.25) is 5.02 Å². The molecule has 0 bridgehead atoms. The van der Waals surface area contributed by atoms with Gasteiger partial charge in [0, 0.05) is 16.4 Å². The molecule has 1 aromatic carbocycles. The van der Waals surface area contributed by atoms with Gasteiger partial charge >= 0.3 is 0 Å². The summed E-state index contributed by atoms with van der Waals surface area (Å²) in [4.78, 5) is 30.1. The molecular formula is C20H22ClN3O3S. The molecule has 3 heterocycles. The third-order valence-electron chi connectivity index (χ3n) is 5.11. The van der Waals surface area contributed by atoms with Crippen LogP contribution >= 0.6 is 22.9 Å². The molecular weight excluding hydrogens is 398 g/mol. The summed E-state index contributed by atoms with van der Waals surface area (Å²) in [6.45, 7) is 2.50. The molecule has 28 heavy (non-hydrogen) atoms. The first-order valence-electron chi connectivity index (χ1n) is 9.38. The Morgan fingerprint density at radius 1 is 1.29 bits per heavy atom. The van der Waals surface area contributed by atoms with E-state index in [0.717, 1.165) is 13.1 Å². The van der Waals surface area contributed by atoms with Gasteiger partial charge in [0.2, 0.25) is 5.91 Å². The van der Waals surface area contributed by atoms with Crippen LogP contribution in [0.5, 0.6) is 5.75 Å². The largest absolute Gasteiger partial charge is 0.482 e. The van der Waals surface area contributed by atoms with Gasteiger partial charge in [-0.1, -0.05) is 17.7 Å². The van der Waals surface area contributed by atoms with Crippen LogP contribution in [-0.4, -0.2) is 49.5 Å². The second-order valence-electron chi connectivity index (χ2n) is 6.96. The smallest absolute Gasteiger partial charge is 0.265 e. The van der Waals surface area contributed by atoms with Gasteiger partial charge in [-0.2, -0.15) is 0 Å². The summed E-state index contributed by atoms with van der Waals surface area (Å²) in [6, 6.07) is 9.40. The van der Waals surface area contributed by atoms with Crippen molar-refractivity contribution in [3.63, 3.8) is 0 Å². The first-order valence-corrected chi connectivity index (χ1v) is 10.6. The number of nitrogens with zero attached hydrogens (tertiary/aromatic N) is 2. The monoisotopic (exact) mass is 419 g/mol. The van der Waals surface area contributed by atoms with Gasteiger partial charge in [0.25, 0.3) is 5.91 Å². The standard InChI is InChI=1S/C20H22ClN3O3S/c21-14-5-6-17-15(10-14)24(20(26)13-27-17)12-19(25)22-11-16(18-4-3-9-28-18)23-7-1-2-8-23/h3-6,9-10,16H,1-2,7-8,11-13H2,(H,22,25). The molecule has 1 saturated heterocycles. The van der Waals surface area contributed by atoms with Crippen LogP contribution in [0.4, 0.5) is 5.69 Å². The first kappa shape index (κ1) is 19.2. The minimum Gasteiger partial charge on any atom is -0.482 e. The highest BCUT2D eigenvalue weighted by molar-refractivity contribution is 7.10. The Morgan fingerprint density at radius 2 is 2.11 bits per heavy atom. The Labute approximate surface area is 173 Å². The highest BCUT2D eigenvalue weighted by Crippen LogP contribution is 2.34. The van der Waals surface area contributed by atoms with Gasteiger partial charge in [0.05, 0.1) is 11.7 Å². The molecule has 1 aromatic heterocycles. The molecule has 1 unspecified atom stereocenters. The molecule has 0 spiro atoms. The number of amides is 2. The molecule has 2 aromatic rings. The van der Waals surface area contributed by atoms with Crippen LogP contribution in [0, 0.1) is 0 Å². The maximum atomic E-state index is 12.6. The number of ether oxygens (including phenoxy) is 1. The summed E-state index contributed by atoms with van der Waals surface area (Å²) in [5.74, 6) is 0.117. The molecule has 2 amide bonds. The Balaban J connectivity index is 1.43. The van der Waals surface area contributed by atoms with Crippen LogP contribution in [0.1, 0.15) is 23.8 Å². The van der Waals surface area contributed by atoms with Gasteiger partial charge < -0.3 is 10.1 Å². The molecule has 1 N–H and O–H groups in total. The number of rotatable bonds is 6. The predicted molar refractivity (Wildman–Crippen MR) is 110 cm³/mol. The summed E-state index contributed by atoms with van der Waals surface area (Å²) in [5, 5.41) is 5.58. The van der Waals surface area contributed by atoms with Crippen molar-refractivity contribution < 1.29 is 14.3 Å². The fraction of sp³-hybridized carbons (Fsp3) is 0.400. The van der Waals surface area contributed by atoms with Gasteiger partial charge in [-0.15, -0.1) is 11.3 Å². The number of benzene rings is 1. The van der Waals surface area contributed by atoms with Crippen molar-refractivity contribution in [3.05, 3.63) is 45.6 Å². The molecule has 1 fully saturated rings. The van der Waals surface area contributed by atoms with Gasteiger partial charge in [0.15, 0.2) is 6.61 Å². The molecule has 2 aliphatic heterocycles. The lowest BCUT2D eigenvalue weighted by molar-refractivity contribution is -0.125. The lowest BCUT2D eigenvalue weighted by atomic mass is 10.2. The normalized spacial score (nSPS) is 17.9. The maximum absolute atomic E-state index is 12.6. The molecule has 8 heteroatoms. The second-order valence-corrected chi connectivity index (χ2v) is 8.37. The van der Waals surface area contributed by atoms with Crippen molar-refractivity contribution in [3.8, 4) is 5.75 Å². The lowest BCUT2D eigenvalue weighted by Gasteiger charge is -2.30. The topological polar surface area (TPSA) is 61.9 Å². The van der Waals surface area contributed by atoms with Crippen molar-refractivity contribution in [1.29, 1.82) is 0 Å². The summed E-state index contributed by atoms with van der Waals surface area (Å²) in [7, 11) is 0. The number of carbonyl (C=O) groups excluding carboxylic acids is 2. The van der Waals surface area contributed by atoms with E-state index in [-0.39, 0.29) is 31.0 Å². The summed E-state index contributed by atoms with van der Waals surface area (Å²) in [5.41, 5.74) is 0.535. The molecule has 6 nitrogen and oxygen atoms in total. The average Bonchev–Trinajstić information content (AvgIpc) is 3.39. The van der Waals surface area contributed by atoms with E-state index >= 15 is 0 Å². The number of hydrogen-bond acceptors (Lipinski definition) is 5. The van der Waals surface area contributed by atoms with Gasteiger partial charge in [-0.05, 0) is 55.6 Å². The van der Waals surface area contributed by atoms with E-state index in [2.05, 4.69) is 21.7 Å². The maximum Gasteiger partial charge on any atom is 0.265 e. The van der Waals surface area contributed by atoms with Crippen LogP contribution in [0.25, 0.3) is 0 Å². The van der Waals surface area contributed by atoms with E-state index in [1.165, 1.54) is 22.6 Å².